The van der Waals surface area contributed by atoms with Gasteiger partial charge in [-0.15, -0.1) is 0 Å². The van der Waals surface area contributed by atoms with Gasteiger partial charge in [0.2, 0.25) is 0 Å². The van der Waals surface area contributed by atoms with E-state index < -0.39 is 6.10 Å². The van der Waals surface area contributed by atoms with Crippen molar-refractivity contribution in [1.82, 2.24) is 5.32 Å². The van der Waals surface area contributed by atoms with Crippen molar-refractivity contribution in [2.75, 3.05) is 0 Å². The minimum atomic E-state index is -0.676. The lowest BCUT2D eigenvalue weighted by Gasteiger charge is -2.22. The summed E-state index contributed by atoms with van der Waals surface area (Å²) in [5, 5.41) is 11.9. The lowest BCUT2D eigenvalue weighted by atomic mass is 10.1. The molecule has 0 aliphatic rings. The molecule has 22 heavy (non-hydrogen) atoms. The SMILES string of the molecule is CC(C)C(Oc1ccccc1C#N)C(=O)NCc1ccco1. The highest BCUT2D eigenvalue weighted by molar-refractivity contribution is 5.81. The fourth-order valence-electron chi connectivity index (χ4n) is 1.98. The predicted octanol–water partition coefficient (Wildman–Crippen LogP) is 2.87. The van der Waals surface area contributed by atoms with Gasteiger partial charge in [0.1, 0.15) is 17.6 Å². The lowest BCUT2D eigenvalue weighted by Crippen LogP contribution is -2.41. The molecule has 0 aliphatic heterocycles. The fourth-order valence-corrected chi connectivity index (χ4v) is 1.98. The van der Waals surface area contributed by atoms with E-state index in [1.165, 1.54) is 0 Å². The highest BCUT2D eigenvalue weighted by Crippen LogP contribution is 2.20. The van der Waals surface area contributed by atoms with Gasteiger partial charge in [-0.1, -0.05) is 26.0 Å². The van der Waals surface area contributed by atoms with Crippen LogP contribution < -0.4 is 10.1 Å². The first-order valence-electron chi connectivity index (χ1n) is 7.07. The zero-order valence-corrected chi connectivity index (χ0v) is 12.6. The van der Waals surface area contributed by atoms with E-state index in [1.54, 1.807) is 42.7 Å². The van der Waals surface area contributed by atoms with Crippen LogP contribution in [0.1, 0.15) is 25.2 Å². The van der Waals surface area contributed by atoms with Gasteiger partial charge in [-0.3, -0.25) is 4.79 Å². The molecule has 2 aromatic rings. The minimum absolute atomic E-state index is 0.0386. The molecule has 0 spiro atoms. The molecule has 0 radical (unpaired) electrons. The Kier molecular flexibility index (Phi) is 5.21. The van der Waals surface area contributed by atoms with Crippen molar-refractivity contribution in [3.8, 4) is 11.8 Å². The fraction of sp³-hybridized carbons (Fsp3) is 0.294. The number of para-hydroxylation sites is 1. The zero-order valence-electron chi connectivity index (χ0n) is 12.6. The number of furan rings is 1. The summed E-state index contributed by atoms with van der Waals surface area (Å²) in [5.74, 6) is 0.813. The maximum atomic E-state index is 12.3. The number of hydrogen-bond acceptors (Lipinski definition) is 4. The van der Waals surface area contributed by atoms with Crippen LogP contribution in [0.5, 0.6) is 5.75 Å². The number of amides is 1. The summed E-state index contributed by atoms with van der Waals surface area (Å²) in [7, 11) is 0. The summed E-state index contributed by atoms with van der Waals surface area (Å²) in [4.78, 5) is 12.3. The Balaban J connectivity index is 2.06. The van der Waals surface area contributed by atoms with Gasteiger partial charge < -0.3 is 14.5 Å². The summed E-state index contributed by atoms with van der Waals surface area (Å²) in [6.07, 6.45) is 0.880. The van der Waals surface area contributed by atoms with Gasteiger partial charge in [-0.2, -0.15) is 5.26 Å². The number of ether oxygens (including phenoxy) is 1. The number of benzene rings is 1. The first-order chi connectivity index (χ1) is 10.6. The molecule has 1 N–H and O–H groups in total. The third-order valence-electron chi connectivity index (χ3n) is 3.14. The van der Waals surface area contributed by atoms with Crippen molar-refractivity contribution in [1.29, 1.82) is 5.26 Å². The topological polar surface area (TPSA) is 75.3 Å². The Morgan fingerprint density at radius 1 is 1.32 bits per heavy atom. The zero-order chi connectivity index (χ0) is 15.9. The summed E-state index contributed by atoms with van der Waals surface area (Å²) in [6.45, 7) is 4.09. The van der Waals surface area contributed by atoms with Gasteiger partial charge in [0.05, 0.1) is 18.4 Å². The Bertz CT molecular complexity index is 657. The number of carbonyl (C=O) groups is 1. The van der Waals surface area contributed by atoms with Crippen molar-refractivity contribution in [2.24, 2.45) is 5.92 Å². The molecule has 114 valence electrons. The Morgan fingerprint density at radius 2 is 2.09 bits per heavy atom. The summed E-state index contributed by atoms with van der Waals surface area (Å²) < 4.78 is 10.9. The molecule has 1 aromatic heterocycles. The van der Waals surface area contributed by atoms with Crippen LogP contribution in [-0.2, 0) is 11.3 Å². The first-order valence-corrected chi connectivity index (χ1v) is 7.07. The van der Waals surface area contributed by atoms with E-state index in [0.29, 0.717) is 23.6 Å². The van der Waals surface area contributed by atoms with Gasteiger partial charge in [0.25, 0.3) is 5.91 Å². The Labute approximate surface area is 129 Å². The van der Waals surface area contributed by atoms with E-state index in [-0.39, 0.29) is 11.8 Å². The van der Waals surface area contributed by atoms with Gasteiger partial charge >= 0.3 is 0 Å². The third-order valence-corrected chi connectivity index (χ3v) is 3.14. The Hall–Kier alpha value is -2.74. The summed E-state index contributed by atoms with van der Waals surface area (Å²) in [5.41, 5.74) is 0.409. The molecule has 0 saturated heterocycles. The third kappa shape index (κ3) is 3.89. The highest BCUT2D eigenvalue weighted by Gasteiger charge is 2.25. The number of nitrogens with one attached hydrogen (secondary N) is 1. The van der Waals surface area contributed by atoms with Crippen LogP contribution in [0.15, 0.2) is 47.1 Å². The van der Waals surface area contributed by atoms with Crippen LogP contribution in [0.2, 0.25) is 0 Å². The number of carbonyl (C=O) groups excluding carboxylic acids is 1. The average Bonchev–Trinajstić information content (AvgIpc) is 3.03. The van der Waals surface area contributed by atoms with Gasteiger partial charge in [-0.25, -0.2) is 0 Å². The quantitative estimate of drug-likeness (QED) is 0.889. The molecule has 0 aliphatic carbocycles. The molecule has 0 saturated carbocycles. The second kappa shape index (κ2) is 7.32. The molecule has 5 nitrogen and oxygen atoms in total. The van der Waals surface area contributed by atoms with E-state index >= 15 is 0 Å². The van der Waals surface area contributed by atoms with Crippen LogP contribution in [0.3, 0.4) is 0 Å². The average molecular weight is 298 g/mol. The van der Waals surface area contributed by atoms with E-state index in [2.05, 4.69) is 11.4 Å². The second-order valence-electron chi connectivity index (χ2n) is 5.19. The lowest BCUT2D eigenvalue weighted by molar-refractivity contribution is -0.130. The van der Waals surface area contributed by atoms with Crippen molar-refractivity contribution in [3.63, 3.8) is 0 Å². The molecular formula is C17H18N2O3. The minimum Gasteiger partial charge on any atom is -0.479 e. The van der Waals surface area contributed by atoms with Crippen LogP contribution >= 0.6 is 0 Å². The van der Waals surface area contributed by atoms with E-state index in [9.17, 15) is 4.79 Å². The maximum absolute atomic E-state index is 12.3. The van der Waals surface area contributed by atoms with Crippen molar-refractivity contribution >= 4 is 5.91 Å². The monoisotopic (exact) mass is 298 g/mol. The predicted molar refractivity (Wildman–Crippen MR) is 81.0 cm³/mol. The molecule has 1 amide bonds. The van der Waals surface area contributed by atoms with Crippen molar-refractivity contribution < 1.29 is 13.9 Å². The smallest absolute Gasteiger partial charge is 0.261 e. The number of nitriles is 1. The molecule has 2 rings (SSSR count). The largest absolute Gasteiger partial charge is 0.479 e. The van der Waals surface area contributed by atoms with Crippen LogP contribution in [-0.4, -0.2) is 12.0 Å². The number of hydrogen-bond donors (Lipinski definition) is 1. The molecule has 1 heterocycles. The highest BCUT2D eigenvalue weighted by atomic mass is 16.5. The summed E-state index contributed by atoms with van der Waals surface area (Å²) in [6, 6.07) is 12.5. The van der Waals surface area contributed by atoms with Crippen molar-refractivity contribution in [3.05, 3.63) is 54.0 Å². The van der Waals surface area contributed by atoms with Crippen LogP contribution in [0, 0.1) is 17.2 Å². The molecule has 1 unspecified atom stereocenters. The van der Waals surface area contributed by atoms with Crippen LogP contribution in [0.4, 0.5) is 0 Å². The Morgan fingerprint density at radius 3 is 2.73 bits per heavy atom. The normalized spacial score (nSPS) is 11.7. The van der Waals surface area contributed by atoms with Gasteiger partial charge in [0, 0.05) is 0 Å². The van der Waals surface area contributed by atoms with Crippen LogP contribution in [0.25, 0.3) is 0 Å². The molecule has 5 heteroatoms. The maximum Gasteiger partial charge on any atom is 0.261 e. The first kappa shape index (κ1) is 15.6. The van der Waals surface area contributed by atoms with Gasteiger partial charge in [0.15, 0.2) is 6.10 Å². The summed E-state index contributed by atoms with van der Waals surface area (Å²) >= 11 is 0. The second-order valence-corrected chi connectivity index (χ2v) is 5.19. The van der Waals surface area contributed by atoms with E-state index in [0.717, 1.165) is 0 Å². The van der Waals surface area contributed by atoms with E-state index in [4.69, 9.17) is 14.4 Å². The molecule has 0 fully saturated rings. The molecular weight excluding hydrogens is 280 g/mol. The van der Waals surface area contributed by atoms with Gasteiger partial charge in [-0.05, 0) is 30.2 Å². The standard InChI is InChI=1S/C17H18N2O3/c1-12(2)16(17(20)19-11-14-7-5-9-21-14)22-15-8-4-3-6-13(15)10-18/h3-9,12,16H,11H2,1-2H3,(H,19,20). The molecule has 1 atom stereocenters. The number of rotatable bonds is 6. The molecule has 1 aromatic carbocycles. The van der Waals surface area contributed by atoms with Crippen molar-refractivity contribution in [2.45, 2.75) is 26.5 Å². The molecule has 0 bridgehead atoms. The van der Waals surface area contributed by atoms with E-state index in [1.807, 2.05) is 13.8 Å². The number of nitrogens with zero attached hydrogens (tertiary/aromatic N) is 1.